The molecule has 50 heavy (non-hydrogen) atoms. The average Bonchev–Trinajstić information content (AvgIpc) is 3.39. The predicted molar refractivity (Wildman–Crippen MR) is 198 cm³/mol. The van der Waals surface area contributed by atoms with Gasteiger partial charge in [-0.2, -0.15) is 8.42 Å². The fraction of sp³-hybridized carbons (Fsp3) is 0.650. The Morgan fingerprint density at radius 3 is 1.94 bits per heavy atom. The normalized spacial score (nSPS) is 15.5. The fourth-order valence-electron chi connectivity index (χ4n) is 6.29. The Labute approximate surface area is 302 Å². The van der Waals surface area contributed by atoms with Crippen LogP contribution in [0.4, 0.5) is 4.79 Å². The van der Waals surface area contributed by atoms with Crippen LogP contribution in [0.1, 0.15) is 128 Å². The van der Waals surface area contributed by atoms with E-state index in [4.69, 9.17) is 13.7 Å². The third kappa shape index (κ3) is 14.4. The van der Waals surface area contributed by atoms with Gasteiger partial charge in [-0.3, -0.25) is 18.8 Å². The van der Waals surface area contributed by atoms with Gasteiger partial charge in [0.15, 0.2) is 0 Å². The molecule has 3 atom stereocenters. The smallest absolute Gasteiger partial charge is 0.329 e. The van der Waals surface area contributed by atoms with Crippen molar-refractivity contribution >= 4 is 22.1 Å². The first-order valence-electron chi connectivity index (χ1n) is 19.0. The third-order valence-electron chi connectivity index (χ3n) is 9.45. The first kappa shape index (κ1) is 41.6. The molecule has 0 bridgehead atoms. The Kier molecular flexibility index (Phi) is 19.1. The molecular formula is C40H62N2O7S. The molecule has 1 heterocycles. The minimum absolute atomic E-state index is 0.0291. The Morgan fingerprint density at radius 1 is 0.780 bits per heavy atom. The molecule has 0 N–H and O–H groups in total. The summed E-state index contributed by atoms with van der Waals surface area (Å²) in [6.07, 6.45) is 16.8. The highest BCUT2D eigenvalue weighted by atomic mass is 32.2. The summed E-state index contributed by atoms with van der Waals surface area (Å²) in [6.45, 7) is 7.89. The second-order valence-corrected chi connectivity index (χ2v) is 15.2. The maximum atomic E-state index is 13.4. The average molecular weight is 715 g/mol. The lowest BCUT2D eigenvalue weighted by Gasteiger charge is -2.33. The van der Waals surface area contributed by atoms with Crippen LogP contribution in [-0.2, 0) is 35.2 Å². The number of unbranched alkanes of at least 4 members (excludes halogenated alkanes) is 12. The molecule has 3 unspecified atom stereocenters. The van der Waals surface area contributed by atoms with Crippen molar-refractivity contribution in [2.75, 3.05) is 19.7 Å². The Bertz CT molecular complexity index is 1350. The van der Waals surface area contributed by atoms with Gasteiger partial charge in [0.25, 0.3) is 10.1 Å². The van der Waals surface area contributed by atoms with Crippen LogP contribution in [-0.4, -0.2) is 68.3 Å². The van der Waals surface area contributed by atoms with Gasteiger partial charge in [-0.1, -0.05) is 145 Å². The molecule has 2 aromatic rings. The van der Waals surface area contributed by atoms with Gasteiger partial charge in [-0.05, 0) is 44.4 Å². The Hall–Kier alpha value is -2.79. The van der Waals surface area contributed by atoms with Crippen molar-refractivity contribution in [3.05, 3.63) is 65.7 Å². The second kappa shape index (κ2) is 22.9. The summed E-state index contributed by atoms with van der Waals surface area (Å²) in [4.78, 5) is 28.9. The molecule has 9 nitrogen and oxygen atoms in total. The maximum Gasteiger partial charge on any atom is 0.329 e. The maximum absolute atomic E-state index is 13.4. The lowest BCUT2D eigenvalue weighted by molar-refractivity contribution is -0.140. The highest BCUT2D eigenvalue weighted by Crippen LogP contribution is 2.24. The molecule has 280 valence electrons. The monoisotopic (exact) mass is 714 g/mol. The van der Waals surface area contributed by atoms with Crippen molar-refractivity contribution in [2.24, 2.45) is 0 Å². The molecule has 2 aromatic carbocycles. The number of carbonyl (C=O) groups excluding carboxylic acids is 2. The van der Waals surface area contributed by atoms with E-state index in [0.29, 0.717) is 13.0 Å². The van der Waals surface area contributed by atoms with Gasteiger partial charge in [-0.15, -0.1) is 0 Å². The fourth-order valence-corrected chi connectivity index (χ4v) is 7.19. The van der Waals surface area contributed by atoms with E-state index in [1.165, 1.54) is 87.7 Å². The number of hydrogen-bond donors (Lipinski definition) is 0. The summed E-state index contributed by atoms with van der Waals surface area (Å²) in [5, 5.41) is 0. The number of hydrogen-bond acceptors (Lipinski definition) is 7. The first-order valence-corrected chi connectivity index (χ1v) is 20.4. The quantitative estimate of drug-likeness (QED) is 0.0517. The number of amides is 3. The van der Waals surface area contributed by atoms with Gasteiger partial charge in [0.2, 0.25) is 5.91 Å². The molecule has 1 fully saturated rings. The van der Waals surface area contributed by atoms with E-state index in [0.717, 1.165) is 35.3 Å². The van der Waals surface area contributed by atoms with Crippen molar-refractivity contribution in [1.29, 1.82) is 0 Å². The molecule has 1 aliphatic heterocycles. The summed E-state index contributed by atoms with van der Waals surface area (Å²) >= 11 is 0. The zero-order chi connectivity index (χ0) is 36.2. The van der Waals surface area contributed by atoms with Crippen LogP contribution >= 0.6 is 0 Å². The van der Waals surface area contributed by atoms with Crippen molar-refractivity contribution in [1.82, 2.24) is 9.80 Å². The number of benzene rings is 2. The van der Waals surface area contributed by atoms with Crippen LogP contribution in [0.15, 0.2) is 59.5 Å². The van der Waals surface area contributed by atoms with Gasteiger partial charge in [0, 0.05) is 0 Å². The molecule has 10 heteroatoms. The van der Waals surface area contributed by atoms with Gasteiger partial charge >= 0.3 is 6.03 Å². The molecule has 0 radical (unpaired) electrons. The molecule has 0 aromatic heterocycles. The summed E-state index contributed by atoms with van der Waals surface area (Å²) in [5.41, 5.74) is 2.00. The van der Waals surface area contributed by atoms with Crippen molar-refractivity contribution in [2.45, 2.75) is 154 Å². The summed E-state index contributed by atoms with van der Waals surface area (Å²) in [6, 6.07) is 15.8. The number of ether oxygens (including phenoxy) is 2. The Morgan fingerprint density at radius 2 is 1.36 bits per heavy atom. The number of imide groups is 1. The highest BCUT2D eigenvalue weighted by molar-refractivity contribution is 7.86. The SMILES string of the molecule is CCCCCCCCCCCCCCCC(OC(CC)N1CC(=O)N(CCOS(=O)(=O)c2ccc(C)cc2)C1=O)C(C)OCc1ccccc1. The molecule has 0 aliphatic carbocycles. The standard InChI is InChI=1S/C40H62N2O7S/c1-5-7-8-9-10-11-12-13-14-15-16-17-21-24-37(34(4)47-32-35-22-19-18-20-23-35)49-39(6-2)42-31-38(43)41(40(42)44)29-30-48-50(45,46)36-27-25-33(3)26-28-36/h18-20,22-23,25-28,34,37,39H,5-17,21,24,29-32H2,1-4H3. The van der Waals surface area contributed by atoms with E-state index in [9.17, 15) is 18.0 Å². The topological polar surface area (TPSA) is 102 Å². The summed E-state index contributed by atoms with van der Waals surface area (Å²) in [5.74, 6) is -0.408. The minimum atomic E-state index is -4.02. The minimum Gasteiger partial charge on any atom is -0.371 e. The number of aryl methyl sites for hydroxylation is 1. The van der Waals surface area contributed by atoms with Crippen LogP contribution in [0.25, 0.3) is 0 Å². The van der Waals surface area contributed by atoms with E-state index >= 15 is 0 Å². The van der Waals surface area contributed by atoms with E-state index in [2.05, 4.69) is 6.92 Å². The van der Waals surface area contributed by atoms with Gasteiger partial charge in [-0.25, -0.2) is 4.79 Å². The third-order valence-corrected chi connectivity index (χ3v) is 10.8. The second-order valence-electron chi connectivity index (χ2n) is 13.6. The number of carbonyl (C=O) groups is 2. The number of nitrogens with zero attached hydrogens (tertiary/aromatic N) is 2. The van der Waals surface area contributed by atoms with Crippen molar-refractivity contribution < 1.29 is 31.7 Å². The molecule has 1 aliphatic rings. The Balaban J connectivity index is 1.50. The van der Waals surface area contributed by atoms with Crippen molar-refractivity contribution in [3.63, 3.8) is 0 Å². The van der Waals surface area contributed by atoms with Gasteiger partial charge < -0.3 is 9.47 Å². The number of urea groups is 1. The summed E-state index contributed by atoms with van der Waals surface area (Å²) < 4.78 is 43.3. The van der Waals surface area contributed by atoms with E-state index in [1.54, 1.807) is 12.1 Å². The zero-order valence-electron chi connectivity index (χ0n) is 31.0. The van der Waals surface area contributed by atoms with E-state index in [1.807, 2.05) is 51.1 Å². The molecule has 0 spiro atoms. The van der Waals surface area contributed by atoms with Crippen LogP contribution in [0.2, 0.25) is 0 Å². The molecule has 3 amide bonds. The van der Waals surface area contributed by atoms with Crippen LogP contribution < -0.4 is 0 Å². The highest BCUT2D eigenvalue weighted by Gasteiger charge is 2.41. The van der Waals surface area contributed by atoms with Gasteiger partial charge in [0.1, 0.15) is 12.8 Å². The van der Waals surface area contributed by atoms with Crippen LogP contribution in [0.5, 0.6) is 0 Å². The van der Waals surface area contributed by atoms with Gasteiger partial charge in [0.05, 0.1) is 36.9 Å². The number of rotatable bonds is 27. The lowest BCUT2D eigenvalue weighted by atomic mass is 10.0. The van der Waals surface area contributed by atoms with E-state index in [-0.39, 0.29) is 36.8 Å². The lowest BCUT2D eigenvalue weighted by Crippen LogP contribution is -2.45. The van der Waals surface area contributed by atoms with Crippen LogP contribution in [0, 0.1) is 6.92 Å². The van der Waals surface area contributed by atoms with Crippen molar-refractivity contribution in [3.8, 4) is 0 Å². The molecule has 3 rings (SSSR count). The summed E-state index contributed by atoms with van der Waals surface area (Å²) in [7, 11) is -4.02. The molecule has 0 saturated carbocycles. The van der Waals surface area contributed by atoms with E-state index < -0.39 is 28.3 Å². The first-order chi connectivity index (χ1) is 24.2. The zero-order valence-corrected chi connectivity index (χ0v) is 31.8. The largest absolute Gasteiger partial charge is 0.371 e. The molecule has 1 saturated heterocycles. The molecular weight excluding hydrogens is 653 g/mol. The van der Waals surface area contributed by atoms with Crippen LogP contribution in [0.3, 0.4) is 0 Å². The predicted octanol–water partition coefficient (Wildman–Crippen LogP) is 9.17.